The normalized spacial score (nSPS) is 17.8. The molecule has 2 aromatic rings. The number of nitrogens with one attached hydrogen (secondary N) is 2. The van der Waals surface area contributed by atoms with E-state index in [1.807, 2.05) is 4.90 Å². The van der Waals surface area contributed by atoms with Gasteiger partial charge in [-0.15, -0.1) is 0 Å². The molecule has 7 nitrogen and oxygen atoms in total. The van der Waals surface area contributed by atoms with Gasteiger partial charge >= 0.3 is 0 Å². The zero-order valence-electron chi connectivity index (χ0n) is 12.3. The third-order valence-electron chi connectivity index (χ3n) is 3.71. The van der Waals surface area contributed by atoms with E-state index in [-0.39, 0.29) is 17.5 Å². The van der Waals surface area contributed by atoms with Crippen LogP contribution in [0, 0.1) is 0 Å². The van der Waals surface area contributed by atoms with Crippen LogP contribution in [-0.4, -0.2) is 40.0 Å². The lowest BCUT2D eigenvalue weighted by atomic mass is 10.1. The first-order valence-corrected chi connectivity index (χ1v) is 7.71. The van der Waals surface area contributed by atoms with E-state index in [1.54, 1.807) is 12.3 Å². The van der Waals surface area contributed by atoms with Gasteiger partial charge in [0.1, 0.15) is 0 Å². The molecule has 3 rings (SSSR count). The van der Waals surface area contributed by atoms with E-state index in [4.69, 9.17) is 11.6 Å². The van der Waals surface area contributed by atoms with Gasteiger partial charge < -0.3 is 15.2 Å². The summed E-state index contributed by atoms with van der Waals surface area (Å²) in [5.41, 5.74) is 0.198. The Labute approximate surface area is 137 Å². The van der Waals surface area contributed by atoms with Crippen LogP contribution in [0.15, 0.2) is 35.6 Å². The molecule has 0 spiro atoms. The van der Waals surface area contributed by atoms with Crippen molar-refractivity contribution < 1.29 is 4.79 Å². The molecule has 23 heavy (non-hydrogen) atoms. The molecule has 1 aliphatic rings. The van der Waals surface area contributed by atoms with E-state index in [0.29, 0.717) is 22.9 Å². The van der Waals surface area contributed by atoms with Gasteiger partial charge in [0.05, 0.1) is 10.6 Å². The van der Waals surface area contributed by atoms with Gasteiger partial charge in [-0.1, -0.05) is 11.6 Å². The Bertz CT molecular complexity index is 763. The zero-order valence-corrected chi connectivity index (χ0v) is 13.1. The first-order chi connectivity index (χ1) is 11.1. The van der Waals surface area contributed by atoms with Crippen molar-refractivity contribution in [2.24, 2.45) is 0 Å². The maximum absolute atomic E-state index is 12.3. The number of pyridine rings is 1. The third kappa shape index (κ3) is 3.68. The van der Waals surface area contributed by atoms with Gasteiger partial charge in [0.2, 0.25) is 0 Å². The Hall–Kier alpha value is -2.41. The fourth-order valence-electron chi connectivity index (χ4n) is 2.66. The molecule has 1 saturated heterocycles. The minimum absolute atomic E-state index is 0.0587. The fraction of sp³-hybridized carbons (Fsp3) is 0.333. The lowest BCUT2D eigenvalue weighted by molar-refractivity contribution is 0.0932. The van der Waals surface area contributed by atoms with Crippen LogP contribution >= 0.6 is 11.6 Å². The number of H-pyrrole nitrogens is 1. The van der Waals surface area contributed by atoms with Crippen molar-refractivity contribution in [1.82, 2.24) is 20.3 Å². The van der Waals surface area contributed by atoms with Crippen LogP contribution in [0.2, 0.25) is 5.02 Å². The Morgan fingerprint density at radius 3 is 3.09 bits per heavy atom. The molecule has 1 atom stereocenters. The number of aromatic nitrogens is 3. The Balaban J connectivity index is 1.68. The summed E-state index contributed by atoms with van der Waals surface area (Å²) in [6, 6.07) is 1.52. The van der Waals surface area contributed by atoms with Crippen LogP contribution in [0.5, 0.6) is 0 Å². The van der Waals surface area contributed by atoms with Crippen LogP contribution < -0.4 is 15.8 Å². The van der Waals surface area contributed by atoms with Gasteiger partial charge in [0, 0.05) is 43.9 Å². The molecule has 0 aliphatic carbocycles. The van der Waals surface area contributed by atoms with Crippen molar-refractivity contribution in [1.29, 1.82) is 0 Å². The van der Waals surface area contributed by atoms with E-state index >= 15 is 0 Å². The molecule has 0 aromatic carbocycles. The van der Waals surface area contributed by atoms with E-state index < -0.39 is 0 Å². The van der Waals surface area contributed by atoms with Gasteiger partial charge in [-0.3, -0.25) is 14.6 Å². The molecule has 120 valence electrons. The largest absolute Gasteiger partial charge is 0.350 e. The van der Waals surface area contributed by atoms with Crippen molar-refractivity contribution >= 4 is 23.3 Å². The summed E-state index contributed by atoms with van der Waals surface area (Å²) in [4.78, 5) is 36.6. The van der Waals surface area contributed by atoms with E-state index in [9.17, 15) is 9.59 Å². The van der Waals surface area contributed by atoms with Gasteiger partial charge in [-0.05, 0) is 18.9 Å². The first-order valence-electron chi connectivity index (χ1n) is 7.33. The molecule has 1 amide bonds. The smallest absolute Gasteiger partial charge is 0.290 e. The molecule has 8 heteroatoms. The fourth-order valence-corrected chi connectivity index (χ4v) is 2.84. The zero-order chi connectivity index (χ0) is 16.2. The number of anilines is 1. The van der Waals surface area contributed by atoms with Gasteiger partial charge in [-0.2, -0.15) is 0 Å². The highest BCUT2D eigenvalue weighted by molar-refractivity contribution is 6.30. The third-order valence-corrected chi connectivity index (χ3v) is 3.92. The maximum Gasteiger partial charge on any atom is 0.290 e. The average Bonchev–Trinajstić information content (AvgIpc) is 2.55. The second-order valence-electron chi connectivity index (χ2n) is 5.39. The number of amides is 1. The van der Waals surface area contributed by atoms with Crippen LogP contribution in [0.25, 0.3) is 0 Å². The van der Waals surface area contributed by atoms with Crippen molar-refractivity contribution in [3.63, 3.8) is 0 Å². The maximum atomic E-state index is 12.3. The minimum Gasteiger partial charge on any atom is -0.350 e. The minimum atomic E-state index is -0.224. The highest BCUT2D eigenvalue weighted by atomic mass is 35.5. The van der Waals surface area contributed by atoms with E-state index in [2.05, 4.69) is 20.3 Å². The molecular weight excluding hydrogens is 318 g/mol. The summed E-state index contributed by atoms with van der Waals surface area (Å²) in [5, 5.41) is 3.38. The van der Waals surface area contributed by atoms with Crippen molar-refractivity contribution in [3.05, 3.63) is 51.8 Å². The Kier molecular flexibility index (Phi) is 4.57. The van der Waals surface area contributed by atoms with Gasteiger partial charge in [0.15, 0.2) is 5.82 Å². The molecule has 0 bridgehead atoms. The van der Waals surface area contributed by atoms with Crippen molar-refractivity contribution in [3.8, 4) is 0 Å². The SMILES string of the molecule is O=C(N[C@H]1CCCN(c2ncc[nH]c2=O)C1)c1cncc(Cl)c1. The molecule has 0 radical (unpaired) electrons. The number of hydrogen-bond donors (Lipinski definition) is 2. The highest BCUT2D eigenvalue weighted by Gasteiger charge is 2.24. The molecule has 0 saturated carbocycles. The van der Waals surface area contributed by atoms with Crippen LogP contribution in [0.3, 0.4) is 0 Å². The number of aromatic amines is 1. The lowest BCUT2D eigenvalue weighted by Gasteiger charge is -2.33. The summed E-state index contributed by atoms with van der Waals surface area (Å²) in [5.74, 6) is 0.164. The molecule has 1 fully saturated rings. The van der Waals surface area contributed by atoms with Crippen LogP contribution in [0.1, 0.15) is 23.2 Å². The average molecular weight is 334 g/mol. The first kappa shape index (κ1) is 15.5. The summed E-state index contributed by atoms with van der Waals surface area (Å²) in [7, 11) is 0. The van der Waals surface area contributed by atoms with Gasteiger partial charge in [0.25, 0.3) is 11.5 Å². The molecule has 1 aliphatic heterocycles. The van der Waals surface area contributed by atoms with E-state index in [0.717, 1.165) is 19.4 Å². The van der Waals surface area contributed by atoms with Crippen LogP contribution in [-0.2, 0) is 0 Å². The number of nitrogens with zero attached hydrogens (tertiary/aromatic N) is 3. The number of carbonyl (C=O) groups excluding carboxylic acids is 1. The monoisotopic (exact) mass is 333 g/mol. The highest BCUT2D eigenvalue weighted by Crippen LogP contribution is 2.15. The quantitative estimate of drug-likeness (QED) is 0.881. The second-order valence-corrected chi connectivity index (χ2v) is 5.83. The number of rotatable bonds is 3. The molecule has 3 heterocycles. The molecule has 2 aromatic heterocycles. The Morgan fingerprint density at radius 1 is 1.43 bits per heavy atom. The predicted octanol–water partition coefficient (Wildman–Crippen LogP) is 1.22. The molecular formula is C15H16ClN5O2. The second kappa shape index (κ2) is 6.78. The summed E-state index contributed by atoms with van der Waals surface area (Å²) < 4.78 is 0. The number of halogens is 1. The standard InChI is InChI=1S/C15H16ClN5O2/c16-11-6-10(7-17-8-11)14(22)20-12-2-1-5-21(9-12)13-15(23)19-4-3-18-13/h3-4,6-8,12H,1-2,5,9H2,(H,19,23)(H,20,22)/t12-/m0/s1. The van der Waals surface area contributed by atoms with Crippen molar-refractivity contribution in [2.45, 2.75) is 18.9 Å². The summed E-state index contributed by atoms with van der Waals surface area (Å²) in [6.07, 6.45) is 7.73. The summed E-state index contributed by atoms with van der Waals surface area (Å²) >= 11 is 5.86. The number of piperidine rings is 1. The van der Waals surface area contributed by atoms with Crippen molar-refractivity contribution in [2.75, 3.05) is 18.0 Å². The molecule has 2 N–H and O–H groups in total. The summed E-state index contributed by atoms with van der Waals surface area (Å²) in [6.45, 7) is 1.28. The number of carbonyl (C=O) groups is 1. The van der Waals surface area contributed by atoms with Crippen LogP contribution in [0.4, 0.5) is 5.82 Å². The van der Waals surface area contributed by atoms with Gasteiger partial charge in [-0.25, -0.2) is 4.98 Å². The topological polar surface area (TPSA) is 91.0 Å². The molecule has 0 unspecified atom stereocenters. The number of hydrogen-bond acceptors (Lipinski definition) is 5. The predicted molar refractivity (Wildman–Crippen MR) is 86.8 cm³/mol. The Morgan fingerprint density at radius 2 is 2.30 bits per heavy atom. The van der Waals surface area contributed by atoms with E-state index in [1.165, 1.54) is 18.6 Å². The lowest BCUT2D eigenvalue weighted by Crippen LogP contribution is -2.49.